The Morgan fingerprint density at radius 3 is 2.44 bits per heavy atom. The summed E-state index contributed by atoms with van der Waals surface area (Å²) in [6, 6.07) is 21.0. The van der Waals surface area contributed by atoms with Crippen molar-refractivity contribution in [2.24, 2.45) is 5.92 Å². The van der Waals surface area contributed by atoms with E-state index in [1.807, 2.05) is 71.4 Å². The molecule has 2 aromatic carbocycles. The third-order valence-electron chi connectivity index (χ3n) is 5.87. The van der Waals surface area contributed by atoms with E-state index in [0.717, 1.165) is 28.3 Å². The number of fused-ring (bicyclic) bond motifs is 1. The number of carboxylic acids is 1. The van der Waals surface area contributed by atoms with Gasteiger partial charge in [0.15, 0.2) is 0 Å². The van der Waals surface area contributed by atoms with Crippen LogP contribution in [0.3, 0.4) is 0 Å². The van der Waals surface area contributed by atoms with Gasteiger partial charge in [-0.05, 0) is 66.6 Å². The normalized spacial score (nSPS) is 11.9. The van der Waals surface area contributed by atoms with Gasteiger partial charge in [0.1, 0.15) is 18.0 Å². The van der Waals surface area contributed by atoms with Gasteiger partial charge in [0.05, 0.1) is 18.2 Å². The zero-order valence-electron chi connectivity index (χ0n) is 20.3. The second kappa shape index (κ2) is 11.4. The van der Waals surface area contributed by atoms with Crippen LogP contribution in [0.15, 0.2) is 79.1 Å². The van der Waals surface area contributed by atoms with Gasteiger partial charge in [-0.1, -0.05) is 19.9 Å². The minimum atomic E-state index is -0.945. The summed E-state index contributed by atoms with van der Waals surface area (Å²) in [6.07, 6.45) is 3.88. The molecule has 0 saturated heterocycles. The molecule has 1 atom stereocenters. The van der Waals surface area contributed by atoms with Gasteiger partial charge in [0.2, 0.25) is 0 Å². The first-order valence-corrected chi connectivity index (χ1v) is 11.9. The molecule has 1 amide bonds. The van der Waals surface area contributed by atoms with Crippen molar-refractivity contribution in [3.8, 4) is 17.0 Å². The van der Waals surface area contributed by atoms with Crippen LogP contribution in [-0.2, 0) is 4.79 Å². The van der Waals surface area contributed by atoms with Crippen molar-refractivity contribution in [1.29, 1.82) is 0 Å². The van der Waals surface area contributed by atoms with Crippen molar-refractivity contribution >= 4 is 23.2 Å². The van der Waals surface area contributed by atoms with E-state index in [1.165, 1.54) is 0 Å². The van der Waals surface area contributed by atoms with Crippen molar-refractivity contribution in [1.82, 2.24) is 14.7 Å². The number of imidazole rings is 1. The first-order valence-electron chi connectivity index (χ1n) is 11.9. The van der Waals surface area contributed by atoms with E-state index in [1.54, 1.807) is 12.1 Å². The van der Waals surface area contributed by atoms with Gasteiger partial charge < -0.3 is 24.9 Å². The maximum absolute atomic E-state index is 12.1. The van der Waals surface area contributed by atoms with Crippen molar-refractivity contribution in [3.63, 3.8) is 0 Å². The Kier molecular flexibility index (Phi) is 7.85. The van der Waals surface area contributed by atoms with Gasteiger partial charge >= 0.3 is 5.97 Å². The second-order valence-electron chi connectivity index (χ2n) is 8.90. The molecule has 0 saturated carbocycles. The summed E-state index contributed by atoms with van der Waals surface area (Å²) < 4.78 is 8.07. The predicted octanol–water partition coefficient (Wildman–Crippen LogP) is 4.72. The van der Waals surface area contributed by atoms with Crippen LogP contribution in [0.1, 0.15) is 30.6 Å². The molecule has 0 bridgehead atoms. The zero-order chi connectivity index (χ0) is 25.5. The summed E-state index contributed by atoms with van der Waals surface area (Å²) in [5.74, 6) is -0.150. The molecule has 0 unspecified atom stereocenters. The Labute approximate surface area is 209 Å². The lowest BCUT2D eigenvalue weighted by molar-refractivity contribution is -0.136. The second-order valence-corrected chi connectivity index (χ2v) is 8.90. The number of carboxylic acid groups (broad SMARTS) is 1. The average Bonchev–Trinajstić information content (AvgIpc) is 3.31. The van der Waals surface area contributed by atoms with Gasteiger partial charge in [0.25, 0.3) is 5.91 Å². The number of hydrogen-bond acceptors (Lipinski definition) is 5. The number of aromatic nitrogens is 2. The van der Waals surface area contributed by atoms with Crippen molar-refractivity contribution in [3.05, 3.63) is 84.7 Å². The van der Waals surface area contributed by atoms with Crippen LogP contribution in [0.25, 0.3) is 16.9 Å². The van der Waals surface area contributed by atoms with Gasteiger partial charge in [0, 0.05) is 35.8 Å². The molecule has 4 aromatic rings. The number of nitrogens with one attached hydrogen (secondary N) is 2. The maximum atomic E-state index is 12.1. The monoisotopic (exact) mass is 486 g/mol. The number of anilines is 1. The average molecular weight is 487 g/mol. The molecule has 2 heterocycles. The molecule has 3 N–H and O–H groups in total. The smallest absolute Gasteiger partial charge is 0.305 e. The fourth-order valence-corrected chi connectivity index (χ4v) is 3.70. The fraction of sp³-hybridized carbons (Fsp3) is 0.250. The molecule has 0 spiro atoms. The Bertz CT molecular complexity index is 1280. The number of pyridine rings is 1. The van der Waals surface area contributed by atoms with E-state index in [0.29, 0.717) is 18.1 Å². The van der Waals surface area contributed by atoms with E-state index in [9.17, 15) is 9.59 Å². The number of benzene rings is 2. The molecule has 0 aliphatic rings. The number of rotatable bonds is 11. The van der Waals surface area contributed by atoms with Crippen molar-refractivity contribution in [2.45, 2.75) is 26.3 Å². The number of nitrogens with zero attached hydrogens (tertiary/aromatic N) is 2. The number of aliphatic carboxylic acids is 1. The van der Waals surface area contributed by atoms with Crippen molar-refractivity contribution in [2.75, 3.05) is 18.5 Å². The lowest BCUT2D eigenvalue weighted by Gasteiger charge is -2.24. The van der Waals surface area contributed by atoms with Crippen LogP contribution in [0.4, 0.5) is 5.69 Å². The Hall–Kier alpha value is -4.33. The van der Waals surface area contributed by atoms with E-state index >= 15 is 0 Å². The van der Waals surface area contributed by atoms with Crippen molar-refractivity contribution < 1.29 is 19.4 Å². The summed E-state index contributed by atoms with van der Waals surface area (Å²) in [7, 11) is 0. The number of hydrogen-bond donors (Lipinski definition) is 3. The summed E-state index contributed by atoms with van der Waals surface area (Å²) in [6.45, 7) is 4.82. The number of amides is 1. The van der Waals surface area contributed by atoms with Crippen LogP contribution in [0, 0.1) is 5.92 Å². The first-order chi connectivity index (χ1) is 17.4. The van der Waals surface area contributed by atoms with E-state index in [4.69, 9.17) is 9.84 Å². The molecule has 186 valence electrons. The summed E-state index contributed by atoms with van der Waals surface area (Å²) in [4.78, 5) is 27.4. The minimum absolute atomic E-state index is 0.0540. The highest BCUT2D eigenvalue weighted by atomic mass is 16.5. The number of carbonyl (C=O) groups is 2. The minimum Gasteiger partial charge on any atom is -0.491 e. The summed E-state index contributed by atoms with van der Waals surface area (Å²) in [5.41, 5.74) is 4.20. The lowest BCUT2D eigenvalue weighted by atomic mass is 10.0. The van der Waals surface area contributed by atoms with E-state index < -0.39 is 5.97 Å². The molecule has 8 nitrogen and oxygen atoms in total. The maximum Gasteiger partial charge on any atom is 0.305 e. The Balaban J connectivity index is 1.32. The third-order valence-corrected chi connectivity index (χ3v) is 5.87. The molecule has 36 heavy (non-hydrogen) atoms. The van der Waals surface area contributed by atoms with Crippen LogP contribution in [0.2, 0.25) is 0 Å². The molecular formula is C28H30N4O4. The number of ether oxygens (including phenoxy) is 1. The lowest BCUT2D eigenvalue weighted by Crippen LogP contribution is -2.32. The number of carbonyl (C=O) groups excluding carboxylic acids is 1. The van der Waals surface area contributed by atoms with Crippen LogP contribution >= 0.6 is 0 Å². The Morgan fingerprint density at radius 2 is 1.78 bits per heavy atom. The molecule has 4 rings (SSSR count). The standard InChI is InChI=1S/C28H30N4O4/c1-19(2)25(30-22-10-6-21(7-11-22)28(35)29-15-14-27(33)34)18-36-23-12-8-20(9-13-23)24-17-32-16-4-3-5-26(32)31-24/h3-13,16-17,19,25,30H,14-15,18H2,1-2H3,(H,29,35)(H,33,34)/t25-/m1/s1. The van der Waals surface area contributed by atoms with Gasteiger partial charge in [-0.15, -0.1) is 0 Å². The third kappa shape index (κ3) is 6.41. The van der Waals surface area contributed by atoms with Gasteiger partial charge in [-0.3, -0.25) is 9.59 Å². The SMILES string of the molecule is CC(C)[C@@H](COc1ccc(-c2cn3ccccc3n2)cc1)Nc1ccc(C(=O)NCCC(=O)O)cc1. The quantitative estimate of drug-likeness (QED) is 0.283. The molecule has 0 fully saturated rings. The van der Waals surface area contributed by atoms with Gasteiger partial charge in [-0.25, -0.2) is 4.98 Å². The van der Waals surface area contributed by atoms with Crippen LogP contribution < -0.4 is 15.4 Å². The summed E-state index contributed by atoms with van der Waals surface area (Å²) >= 11 is 0. The Morgan fingerprint density at radius 1 is 1.03 bits per heavy atom. The highest BCUT2D eigenvalue weighted by molar-refractivity contribution is 5.94. The predicted molar refractivity (Wildman–Crippen MR) is 139 cm³/mol. The molecule has 0 aliphatic heterocycles. The largest absolute Gasteiger partial charge is 0.491 e. The first kappa shape index (κ1) is 24.8. The van der Waals surface area contributed by atoms with E-state index in [2.05, 4.69) is 29.5 Å². The molecule has 0 aliphatic carbocycles. The molecular weight excluding hydrogens is 456 g/mol. The van der Waals surface area contributed by atoms with Crippen LogP contribution in [0.5, 0.6) is 5.75 Å². The zero-order valence-corrected chi connectivity index (χ0v) is 20.3. The van der Waals surface area contributed by atoms with Crippen LogP contribution in [-0.4, -0.2) is 45.6 Å². The highest BCUT2D eigenvalue weighted by Gasteiger charge is 2.15. The molecule has 0 radical (unpaired) electrons. The topological polar surface area (TPSA) is 105 Å². The van der Waals surface area contributed by atoms with E-state index in [-0.39, 0.29) is 24.9 Å². The molecule has 8 heteroatoms. The summed E-state index contributed by atoms with van der Waals surface area (Å²) in [5, 5.41) is 14.8. The fourth-order valence-electron chi connectivity index (χ4n) is 3.70. The highest BCUT2D eigenvalue weighted by Crippen LogP contribution is 2.23. The van der Waals surface area contributed by atoms with Gasteiger partial charge in [-0.2, -0.15) is 0 Å². The molecule has 2 aromatic heterocycles.